The second kappa shape index (κ2) is 5.91. The van der Waals surface area contributed by atoms with Crippen molar-refractivity contribution < 1.29 is 4.74 Å². The molecular formula is C14H21ClN2O. The van der Waals surface area contributed by atoms with E-state index >= 15 is 0 Å². The fourth-order valence-electron chi connectivity index (χ4n) is 2.64. The zero-order chi connectivity index (χ0) is 13.1. The van der Waals surface area contributed by atoms with Crippen molar-refractivity contribution in [3.05, 3.63) is 28.8 Å². The summed E-state index contributed by atoms with van der Waals surface area (Å²) in [6.07, 6.45) is 0. The van der Waals surface area contributed by atoms with Crippen LogP contribution in [0.3, 0.4) is 0 Å². The molecule has 1 saturated heterocycles. The number of benzene rings is 1. The maximum absolute atomic E-state index is 6.15. The average Bonchev–Trinajstić information content (AvgIpc) is 2.27. The van der Waals surface area contributed by atoms with Gasteiger partial charge in [-0.05, 0) is 31.5 Å². The zero-order valence-corrected chi connectivity index (χ0v) is 12.0. The van der Waals surface area contributed by atoms with Gasteiger partial charge in [0.25, 0.3) is 0 Å². The van der Waals surface area contributed by atoms with Crippen LogP contribution in [0.25, 0.3) is 0 Å². The molecule has 1 fully saturated rings. The number of halogens is 1. The van der Waals surface area contributed by atoms with Gasteiger partial charge in [0.05, 0.1) is 12.1 Å². The first-order valence-corrected chi connectivity index (χ1v) is 6.77. The molecule has 2 rings (SSSR count). The molecule has 2 unspecified atom stereocenters. The smallest absolute Gasteiger partial charge is 0.137 e. The van der Waals surface area contributed by atoms with Gasteiger partial charge in [-0.15, -0.1) is 0 Å². The molecule has 1 aromatic rings. The fourth-order valence-corrected chi connectivity index (χ4v) is 2.92. The van der Waals surface area contributed by atoms with E-state index < -0.39 is 0 Å². The highest BCUT2D eigenvalue weighted by atomic mass is 35.5. The van der Waals surface area contributed by atoms with Crippen LogP contribution < -0.4 is 10.1 Å². The number of hydrogen-bond donors (Lipinski definition) is 1. The lowest BCUT2D eigenvalue weighted by molar-refractivity contribution is 0.166. The Bertz CT molecular complexity index is 401. The normalized spacial score (nSPS) is 25.1. The second-order valence-electron chi connectivity index (χ2n) is 5.13. The van der Waals surface area contributed by atoms with Crippen LogP contribution in [0.15, 0.2) is 18.2 Å². The van der Waals surface area contributed by atoms with Gasteiger partial charge < -0.3 is 10.1 Å². The first-order valence-electron chi connectivity index (χ1n) is 6.39. The molecule has 4 heteroatoms. The molecule has 0 bridgehead atoms. The van der Waals surface area contributed by atoms with Gasteiger partial charge in [-0.3, -0.25) is 4.90 Å². The molecule has 100 valence electrons. The van der Waals surface area contributed by atoms with Crippen LogP contribution in [-0.4, -0.2) is 37.2 Å². The summed E-state index contributed by atoms with van der Waals surface area (Å²) in [6, 6.07) is 7.11. The number of nitrogens with zero attached hydrogens (tertiary/aromatic N) is 1. The van der Waals surface area contributed by atoms with Crippen molar-refractivity contribution in [1.82, 2.24) is 10.2 Å². The van der Waals surface area contributed by atoms with Crippen molar-refractivity contribution in [3.63, 3.8) is 0 Å². The van der Waals surface area contributed by atoms with E-state index in [9.17, 15) is 0 Å². The molecule has 0 saturated carbocycles. The Kier molecular flexibility index (Phi) is 4.49. The lowest BCUT2D eigenvalue weighted by atomic mass is 10.1. The molecular weight excluding hydrogens is 248 g/mol. The molecule has 18 heavy (non-hydrogen) atoms. The van der Waals surface area contributed by atoms with Crippen molar-refractivity contribution in [2.24, 2.45) is 0 Å². The summed E-state index contributed by atoms with van der Waals surface area (Å²) in [5.41, 5.74) is 1.24. The monoisotopic (exact) mass is 268 g/mol. The predicted octanol–water partition coefficient (Wildman–Crippen LogP) is 2.53. The van der Waals surface area contributed by atoms with Crippen LogP contribution in [0.1, 0.15) is 19.4 Å². The van der Waals surface area contributed by atoms with Crippen LogP contribution in [0.5, 0.6) is 5.75 Å². The summed E-state index contributed by atoms with van der Waals surface area (Å²) in [4.78, 5) is 2.46. The minimum atomic E-state index is 0.544. The highest BCUT2D eigenvalue weighted by Crippen LogP contribution is 2.25. The third kappa shape index (κ3) is 3.37. The maximum atomic E-state index is 6.15. The highest BCUT2D eigenvalue weighted by Gasteiger charge is 2.20. The van der Waals surface area contributed by atoms with Crippen LogP contribution in [-0.2, 0) is 6.54 Å². The average molecular weight is 269 g/mol. The van der Waals surface area contributed by atoms with Crippen molar-refractivity contribution in [2.45, 2.75) is 32.5 Å². The van der Waals surface area contributed by atoms with Gasteiger partial charge in [-0.25, -0.2) is 0 Å². The predicted molar refractivity (Wildman–Crippen MR) is 75.3 cm³/mol. The fraction of sp³-hybridized carbons (Fsp3) is 0.571. The van der Waals surface area contributed by atoms with Crippen molar-refractivity contribution in [2.75, 3.05) is 20.2 Å². The summed E-state index contributed by atoms with van der Waals surface area (Å²) < 4.78 is 5.17. The van der Waals surface area contributed by atoms with Crippen molar-refractivity contribution in [3.8, 4) is 5.75 Å². The number of nitrogens with one attached hydrogen (secondary N) is 1. The molecule has 2 atom stereocenters. The number of ether oxygens (including phenoxy) is 1. The molecule has 3 nitrogen and oxygen atoms in total. The molecule has 0 aromatic heterocycles. The van der Waals surface area contributed by atoms with Crippen molar-refractivity contribution in [1.29, 1.82) is 0 Å². The van der Waals surface area contributed by atoms with Gasteiger partial charge in [0.15, 0.2) is 0 Å². The number of methoxy groups -OCH3 is 1. The first kappa shape index (κ1) is 13.7. The van der Waals surface area contributed by atoms with E-state index in [0.29, 0.717) is 17.1 Å². The molecule has 0 spiro atoms. The molecule has 0 radical (unpaired) electrons. The summed E-state index contributed by atoms with van der Waals surface area (Å²) in [6.45, 7) is 7.55. The molecule has 1 N–H and O–H groups in total. The van der Waals surface area contributed by atoms with Gasteiger partial charge in [-0.1, -0.05) is 17.7 Å². The summed E-state index contributed by atoms with van der Waals surface area (Å²) in [5, 5.41) is 4.22. The summed E-state index contributed by atoms with van der Waals surface area (Å²) in [7, 11) is 1.64. The maximum Gasteiger partial charge on any atom is 0.137 e. The van der Waals surface area contributed by atoms with Gasteiger partial charge in [0, 0.05) is 31.7 Å². The van der Waals surface area contributed by atoms with E-state index in [1.54, 1.807) is 7.11 Å². The van der Waals surface area contributed by atoms with E-state index in [-0.39, 0.29) is 0 Å². The molecule has 1 heterocycles. The Labute approximate surface area is 114 Å². The molecule has 0 amide bonds. The molecule has 0 aliphatic carbocycles. The Balaban J connectivity index is 2.02. The molecule has 1 aliphatic rings. The van der Waals surface area contributed by atoms with E-state index in [0.717, 1.165) is 25.4 Å². The standard InChI is InChI=1S/C14H21ClN2O/c1-10-7-17(8-11(2)16-10)9-12-4-5-14(18-3)13(15)6-12/h4-6,10-11,16H,7-9H2,1-3H3. The first-order chi connectivity index (χ1) is 8.58. The second-order valence-corrected chi connectivity index (χ2v) is 5.54. The van der Waals surface area contributed by atoms with Crippen LogP contribution in [0.2, 0.25) is 5.02 Å². The summed E-state index contributed by atoms with van der Waals surface area (Å²) in [5.74, 6) is 0.738. The quantitative estimate of drug-likeness (QED) is 0.912. The third-order valence-corrected chi connectivity index (χ3v) is 3.55. The highest BCUT2D eigenvalue weighted by molar-refractivity contribution is 6.32. The number of piperazine rings is 1. The topological polar surface area (TPSA) is 24.5 Å². The van der Waals surface area contributed by atoms with E-state index in [1.165, 1.54) is 5.56 Å². The van der Waals surface area contributed by atoms with Crippen molar-refractivity contribution >= 4 is 11.6 Å². The minimum absolute atomic E-state index is 0.544. The third-order valence-electron chi connectivity index (χ3n) is 3.26. The lowest BCUT2D eigenvalue weighted by Crippen LogP contribution is -2.53. The Morgan fingerprint density at radius 2 is 2.00 bits per heavy atom. The minimum Gasteiger partial charge on any atom is -0.495 e. The number of rotatable bonds is 3. The lowest BCUT2D eigenvalue weighted by Gasteiger charge is -2.36. The van der Waals surface area contributed by atoms with Crippen LogP contribution in [0.4, 0.5) is 0 Å². The Morgan fingerprint density at radius 3 is 2.56 bits per heavy atom. The SMILES string of the molecule is COc1ccc(CN2CC(C)NC(C)C2)cc1Cl. The van der Waals surface area contributed by atoms with Gasteiger partial charge in [-0.2, -0.15) is 0 Å². The van der Waals surface area contributed by atoms with Gasteiger partial charge in [0.2, 0.25) is 0 Å². The summed E-state index contributed by atoms with van der Waals surface area (Å²) >= 11 is 6.15. The molecule has 1 aromatic carbocycles. The van der Waals surface area contributed by atoms with Crippen LogP contribution in [0, 0.1) is 0 Å². The Hall–Kier alpha value is -0.770. The van der Waals surface area contributed by atoms with E-state index in [4.69, 9.17) is 16.3 Å². The van der Waals surface area contributed by atoms with E-state index in [2.05, 4.69) is 30.1 Å². The largest absolute Gasteiger partial charge is 0.495 e. The number of hydrogen-bond acceptors (Lipinski definition) is 3. The van der Waals surface area contributed by atoms with E-state index in [1.807, 2.05) is 12.1 Å². The van der Waals surface area contributed by atoms with Gasteiger partial charge in [0.1, 0.15) is 5.75 Å². The Morgan fingerprint density at radius 1 is 1.33 bits per heavy atom. The zero-order valence-electron chi connectivity index (χ0n) is 11.2. The van der Waals surface area contributed by atoms with Gasteiger partial charge >= 0.3 is 0 Å². The molecule has 1 aliphatic heterocycles. The van der Waals surface area contributed by atoms with Crippen LogP contribution >= 0.6 is 11.6 Å².